The molecule has 0 bridgehead atoms. The Bertz CT molecular complexity index is 215. The van der Waals surface area contributed by atoms with Crippen LogP contribution in [-0.2, 0) is 4.74 Å². The van der Waals surface area contributed by atoms with E-state index in [1.807, 2.05) is 13.8 Å². The topological polar surface area (TPSA) is 9.23 Å². The van der Waals surface area contributed by atoms with Crippen molar-refractivity contribution in [3.8, 4) is 0 Å². The fourth-order valence-corrected chi connectivity index (χ4v) is 1.69. The average Bonchev–Trinajstić information content (AvgIpc) is 2.02. The molecule has 0 spiro atoms. The van der Waals surface area contributed by atoms with Crippen LogP contribution in [0.4, 0.5) is 13.2 Å². The SMILES string of the molecule is CC(OC1CC(Cl)C1(C)C)C(F)(F)F. The zero-order valence-corrected chi connectivity index (χ0v) is 9.12. The summed E-state index contributed by atoms with van der Waals surface area (Å²) in [6.07, 6.45) is -5.89. The lowest BCUT2D eigenvalue weighted by Gasteiger charge is -2.49. The highest BCUT2D eigenvalue weighted by Crippen LogP contribution is 2.47. The van der Waals surface area contributed by atoms with Gasteiger partial charge in [-0.25, -0.2) is 0 Å². The zero-order valence-electron chi connectivity index (χ0n) is 8.36. The van der Waals surface area contributed by atoms with Crippen LogP contribution in [-0.4, -0.2) is 23.8 Å². The van der Waals surface area contributed by atoms with E-state index in [1.54, 1.807) is 0 Å². The Morgan fingerprint density at radius 1 is 1.43 bits per heavy atom. The molecule has 0 radical (unpaired) electrons. The van der Waals surface area contributed by atoms with Crippen LogP contribution in [0.25, 0.3) is 0 Å². The van der Waals surface area contributed by atoms with Gasteiger partial charge in [-0.3, -0.25) is 0 Å². The van der Waals surface area contributed by atoms with Gasteiger partial charge in [0.1, 0.15) is 0 Å². The lowest BCUT2D eigenvalue weighted by molar-refractivity contribution is -0.250. The Balaban J connectivity index is 2.48. The maximum atomic E-state index is 12.2. The summed E-state index contributed by atoms with van der Waals surface area (Å²) in [6.45, 7) is 4.67. The van der Waals surface area contributed by atoms with Crippen molar-refractivity contribution in [3.63, 3.8) is 0 Å². The molecule has 3 atom stereocenters. The van der Waals surface area contributed by atoms with Gasteiger partial charge in [0.05, 0.1) is 6.10 Å². The number of alkyl halides is 4. The Hall–Kier alpha value is 0.0400. The highest BCUT2D eigenvalue weighted by atomic mass is 35.5. The van der Waals surface area contributed by atoms with Crippen molar-refractivity contribution in [2.24, 2.45) is 5.41 Å². The van der Waals surface area contributed by atoms with Gasteiger partial charge in [-0.15, -0.1) is 11.6 Å². The monoisotopic (exact) mass is 230 g/mol. The number of hydrogen-bond donors (Lipinski definition) is 0. The molecule has 0 aliphatic heterocycles. The van der Waals surface area contributed by atoms with E-state index in [0.29, 0.717) is 6.42 Å². The van der Waals surface area contributed by atoms with E-state index in [-0.39, 0.29) is 16.9 Å². The van der Waals surface area contributed by atoms with Gasteiger partial charge in [0.15, 0.2) is 6.10 Å². The molecule has 0 N–H and O–H groups in total. The molecule has 0 aromatic carbocycles. The van der Waals surface area contributed by atoms with E-state index in [2.05, 4.69) is 0 Å². The molecule has 0 aromatic heterocycles. The van der Waals surface area contributed by atoms with Crippen LogP contribution < -0.4 is 0 Å². The van der Waals surface area contributed by atoms with Crippen LogP contribution in [0.1, 0.15) is 27.2 Å². The molecule has 1 aliphatic rings. The lowest BCUT2D eigenvalue weighted by Crippen LogP contribution is -2.54. The first-order chi connectivity index (χ1) is 6.15. The molecule has 5 heteroatoms. The van der Waals surface area contributed by atoms with Crippen LogP contribution in [0.5, 0.6) is 0 Å². The molecule has 14 heavy (non-hydrogen) atoms. The predicted octanol–water partition coefficient (Wildman–Crippen LogP) is 3.36. The Kier molecular flexibility index (Phi) is 3.08. The molecule has 0 aromatic rings. The molecule has 0 heterocycles. The highest BCUT2D eigenvalue weighted by molar-refractivity contribution is 6.21. The molecule has 3 unspecified atom stereocenters. The lowest BCUT2D eigenvalue weighted by atomic mass is 9.68. The van der Waals surface area contributed by atoms with Gasteiger partial charge in [-0.1, -0.05) is 13.8 Å². The van der Waals surface area contributed by atoms with Crippen LogP contribution in [0.3, 0.4) is 0 Å². The van der Waals surface area contributed by atoms with Crippen molar-refractivity contribution in [1.29, 1.82) is 0 Å². The molecule has 1 fully saturated rings. The molecule has 1 rings (SSSR count). The Morgan fingerprint density at radius 3 is 2.21 bits per heavy atom. The van der Waals surface area contributed by atoms with Crippen molar-refractivity contribution in [2.75, 3.05) is 0 Å². The summed E-state index contributed by atoms with van der Waals surface area (Å²) in [7, 11) is 0. The van der Waals surface area contributed by atoms with E-state index in [1.165, 1.54) is 0 Å². The van der Waals surface area contributed by atoms with Crippen molar-refractivity contribution in [2.45, 2.75) is 51.0 Å². The van der Waals surface area contributed by atoms with Gasteiger partial charge in [0, 0.05) is 10.8 Å². The van der Waals surface area contributed by atoms with Crippen LogP contribution in [0, 0.1) is 5.41 Å². The molecule has 0 amide bonds. The second kappa shape index (κ2) is 3.56. The summed E-state index contributed by atoms with van der Waals surface area (Å²) in [5, 5.41) is -0.0899. The van der Waals surface area contributed by atoms with Crippen molar-refractivity contribution >= 4 is 11.6 Å². The second-order valence-corrected chi connectivity index (χ2v) is 4.86. The third-order valence-corrected chi connectivity index (χ3v) is 3.63. The molecule has 1 aliphatic carbocycles. The molecule has 1 nitrogen and oxygen atoms in total. The third-order valence-electron chi connectivity index (χ3n) is 2.89. The summed E-state index contributed by atoms with van der Waals surface area (Å²) >= 11 is 5.87. The molecular weight excluding hydrogens is 217 g/mol. The maximum Gasteiger partial charge on any atom is 0.414 e. The fourth-order valence-electron chi connectivity index (χ4n) is 1.39. The van der Waals surface area contributed by atoms with Gasteiger partial charge >= 0.3 is 6.18 Å². The summed E-state index contributed by atoms with van der Waals surface area (Å²) in [5.74, 6) is 0. The predicted molar refractivity (Wildman–Crippen MR) is 48.4 cm³/mol. The fraction of sp³-hybridized carbons (Fsp3) is 1.00. The minimum absolute atomic E-state index is 0.0899. The van der Waals surface area contributed by atoms with Gasteiger partial charge in [-0.05, 0) is 13.3 Å². The minimum atomic E-state index is -4.28. The number of hydrogen-bond acceptors (Lipinski definition) is 1. The van der Waals surface area contributed by atoms with Gasteiger partial charge < -0.3 is 4.74 Å². The van der Waals surface area contributed by atoms with Crippen molar-refractivity contribution in [1.82, 2.24) is 0 Å². The minimum Gasteiger partial charge on any atom is -0.365 e. The van der Waals surface area contributed by atoms with Gasteiger partial charge in [0.2, 0.25) is 0 Å². The molecular formula is C9H14ClF3O. The second-order valence-electron chi connectivity index (χ2n) is 4.33. The Labute approximate surface area is 86.6 Å². The van der Waals surface area contributed by atoms with E-state index in [9.17, 15) is 13.2 Å². The smallest absolute Gasteiger partial charge is 0.365 e. The average molecular weight is 231 g/mol. The van der Waals surface area contributed by atoms with Crippen molar-refractivity contribution in [3.05, 3.63) is 0 Å². The van der Waals surface area contributed by atoms with E-state index < -0.39 is 12.3 Å². The first kappa shape index (κ1) is 12.1. The number of rotatable bonds is 2. The zero-order chi connectivity index (χ0) is 11.1. The molecule has 84 valence electrons. The van der Waals surface area contributed by atoms with Gasteiger partial charge in [0.25, 0.3) is 0 Å². The van der Waals surface area contributed by atoms with Crippen LogP contribution >= 0.6 is 11.6 Å². The first-order valence-corrected chi connectivity index (χ1v) is 4.95. The summed E-state index contributed by atoms with van der Waals surface area (Å²) < 4.78 is 41.4. The number of ether oxygens (including phenoxy) is 1. The first-order valence-electron chi connectivity index (χ1n) is 4.52. The van der Waals surface area contributed by atoms with Crippen LogP contribution in [0.15, 0.2) is 0 Å². The Morgan fingerprint density at radius 2 is 1.93 bits per heavy atom. The largest absolute Gasteiger partial charge is 0.414 e. The summed E-state index contributed by atoms with van der Waals surface area (Å²) in [6, 6.07) is 0. The molecule has 0 saturated heterocycles. The van der Waals surface area contributed by atoms with E-state index in [4.69, 9.17) is 16.3 Å². The molecule has 1 saturated carbocycles. The van der Waals surface area contributed by atoms with E-state index >= 15 is 0 Å². The van der Waals surface area contributed by atoms with Crippen LogP contribution in [0.2, 0.25) is 0 Å². The quantitative estimate of drug-likeness (QED) is 0.661. The standard InChI is InChI=1S/C9H14ClF3O/c1-5(9(11,12)13)14-7-4-6(10)8(7,2)3/h5-7H,4H2,1-3H3. The van der Waals surface area contributed by atoms with Crippen molar-refractivity contribution < 1.29 is 17.9 Å². The van der Waals surface area contributed by atoms with Gasteiger partial charge in [-0.2, -0.15) is 13.2 Å². The normalized spacial score (nSPS) is 33.6. The summed E-state index contributed by atoms with van der Waals surface area (Å²) in [4.78, 5) is 0. The maximum absolute atomic E-state index is 12.2. The highest BCUT2D eigenvalue weighted by Gasteiger charge is 2.51. The third kappa shape index (κ3) is 2.16. The van der Waals surface area contributed by atoms with E-state index in [0.717, 1.165) is 6.92 Å². The summed E-state index contributed by atoms with van der Waals surface area (Å²) in [5.41, 5.74) is -0.360. The number of halogens is 4.